The number of morpholine rings is 2. The minimum atomic E-state index is -0.122. The Bertz CT molecular complexity index is 1250. The summed E-state index contributed by atoms with van der Waals surface area (Å²) in [5.41, 5.74) is 2.92. The van der Waals surface area contributed by atoms with Gasteiger partial charge in [-0.2, -0.15) is 9.97 Å². The summed E-state index contributed by atoms with van der Waals surface area (Å²) in [4.78, 5) is 31.9. The molecule has 1 N–H and O–H groups in total. The van der Waals surface area contributed by atoms with E-state index in [1.54, 1.807) is 13.1 Å². The molecule has 3 fully saturated rings. The highest BCUT2D eigenvalue weighted by Crippen LogP contribution is 2.36. The molecule has 1 amide bonds. The SMILES string of the molecule is CNC(=O)c1cccc(-c2ccc3c(N4CCOCC4C)nc(N4C5CCC4COC5)nc3n2)c1. The predicted octanol–water partition coefficient (Wildman–Crippen LogP) is 2.64. The average Bonchev–Trinajstić information content (AvgIpc) is 3.15. The second kappa shape index (κ2) is 9.05. The van der Waals surface area contributed by atoms with Gasteiger partial charge in [0.05, 0.1) is 55.6 Å². The summed E-state index contributed by atoms with van der Waals surface area (Å²) in [5, 5.41) is 3.61. The first-order valence-electron chi connectivity index (χ1n) is 12.3. The van der Waals surface area contributed by atoms with E-state index in [9.17, 15) is 4.79 Å². The van der Waals surface area contributed by atoms with Gasteiger partial charge >= 0.3 is 0 Å². The molecule has 3 aliphatic rings. The quantitative estimate of drug-likeness (QED) is 0.617. The lowest BCUT2D eigenvalue weighted by molar-refractivity contribution is 0.0896. The van der Waals surface area contributed by atoms with Crippen molar-refractivity contribution in [2.45, 2.75) is 37.9 Å². The number of hydrogen-bond donors (Lipinski definition) is 1. The lowest BCUT2D eigenvalue weighted by Crippen LogP contribution is -2.47. The van der Waals surface area contributed by atoms with Crippen LogP contribution in [0.25, 0.3) is 22.3 Å². The molecule has 182 valence electrons. The van der Waals surface area contributed by atoms with Gasteiger partial charge in [-0.25, -0.2) is 4.98 Å². The zero-order chi connectivity index (χ0) is 23.9. The van der Waals surface area contributed by atoms with Crippen LogP contribution < -0.4 is 15.1 Å². The van der Waals surface area contributed by atoms with E-state index >= 15 is 0 Å². The molecule has 0 spiro atoms. The Morgan fingerprint density at radius 3 is 2.63 bits per heavy atom. The molecule has 5 heterocycles. The minimum Gasteiger partial charge on any atom is -0.377 e. The van der Waals surface area contributed by atoms with E-state index in [-0.39, 0.29) is 11.9 Å². The smallest absolute Gasteiger partial charge is 0.251 e. The van der Waals surface area contributed by atoms with E-state index < -0.39 is 0 Å². The second-order valence-electron chi connectivity index (χ2n) is 9.52. The molecule has 3 unspecified atom stereocenters. The topological polar surface area (TPSA) is 92.7 Å². The first-order chi connectivity index (χ1) is 17.1. The Morgan fingerprint density at radius 2 is 1.86 bits per heavy atom. The van der Waals surface area contributed by atoms with Crippen LogP contribution in [0.3, 0.4) is 0 Å². The second-order valence-corrected chi connectivity index (χ2v) is 9.52. The molecule has 3 atom stereocenters. The molecule has 9 heteroatoms. The lowest BCUT2D eigenvalue weighted by atomic mass is 10.1. The number of pyridine rings is 1. The summed E-state index contributed by atoms with van der Waals surface area (Å²) < 4.78 is 11.5. The van der Waals surface area contributed by atoms with E-state index in [2.05, 4.69) is 28.1 Å². The first-order valence-corrected chi connectivity index (χ1v) is 12.3. The van der Waals surface area contributed by atoms with Crippen LogP contribution in [0.1, 0.15) is 30.1 Å². The van der Waals surface area contributed by atoms with Crippen molar-refractivity contribution in [3.63, 3.8) is 0 Å². The van der Waals surface area contributed by atoms with Gasteiger partial charge in [0.1, 0.15) is 5.82 Å². The van der Waals surface area contributed by atoms with Gasteiger partial charge in [0.25, 0.3) is 5.91 Å². The Hall–Kier alpha value is -3.30. The van der Waals surface area contributed by atoms with Crippen molar-refractivity contribution in [2.24, 2.45) is 0 Å². The molecule has 3 saturated heterocycles. The highest BCUT2D eigenvalue weighted by Gasteiger charge is 2.39. The number of anilines is 2. The van der Waals surface area contributed by atoms with Gasteiger partial charge in [-0.3, -0.25) is 4.79 Å². The van der Waals surface area contributed by atoms with Crippen LogP contribution in [-0.4, -0.2) is 79.0 Å². The summed E-state index contributed by atoms with van der Waals surface area (Å²) in [6.07, 6.45) is 2.18. The molecule has 3 aromatic rings. The van der Waals surface area contributed by atoms with Crippen LogP contribution in [0.15, 0.2) is 36.4 Å². The first kappa shape index (κ1) is 22.2. The van der Waals surface area contributed by atoms with Gasteiger partial charge in [-0.15, -0.1) is 0 Å². The molecule has 0 aliphatic carbocycles. The lowest BCUT2D eigenvalue weighted by Gasteiger charge is -2.37. The number of benzene rings is 1. The number of nitrogens with one attached hydrogen (secondary N) is 1. The minimum absolute atomic E-state index is 0.122. The molecular weight excluding hydrogens is 444 g/mol. The monoisotopic (exact) mass is 474 g/mol. The van der Waals surface area contributed by atoms with Gasteiger partial charge in [0.2, 0.25) is 5.95 Å². The van der Waals surface area contributed by atoms with Crippen LogP contribution in [0.4, 0.5) is 11.8 Å². The largest absolute Gasteiger partial charge is 0.377 e. The standard InChI is InChI=1S/C26H30N6O3/c1-16-13-34-11-10-31(16)24-21-8-9-22(17-4-3-5-18(12-17)25(33)27-2)28-23(21)29-26(30-24)32-19-6-7-20(32)15-35-14-19/h3-5,8-9,12,16,19-20H,6-7,10-11,13-15H2,1-2H3,(H,27,33). The number of nitrogens with zero attached hydrogens (tertiary/aromatic N) is 5. The van der Waals surface area contributed by atoms with Crippen LogP contribution in [0, 0.1) is 0 Å². The fourth-order valence-electron chi connectivity index (χ4n) is 5.44. The Labute approximate surface area is 204 Å². The van der Waals surface area contributed by atoms with Crippen LogP contribution in [-0.2, 0) is 9.47 Å². The number of rotatable bonds is 4. The van der Waals surface area contributed by atoms with Crippen molar-refractivity contribution in [1.29, 1.82) is 0 Å². The van der Waals surface area contributed by atoms with Gasteiger partial charge in [0.15, 0.2) is 5.65 Å². The third-order valence-corrected chi connectivity index (χ3v) is 7.29. The molecule has 6 rings (SSSR count). The van der Waals surface area contributed by atoms with Crippen molar-refractivity contribution in [2.75, 3.05) is 49.8 Å². The van der Waals surface area contributed by atoms with Crippen molar-refractivity contribution < 1.29 is 14.3 Å². The maximum atomic E-state index is 12.2. The van der Waals surface area contributed by atoms with Crippen molar-refractivity contribution in [1.82, 2.24) is 20.3 Å². The van der Waals surface area contributed by atoms with E-state index in [4.69, 9.17) is 24.4 Å². The fraction of sp³-hybridized carbons (Fsp3) is 0.462. The Balaban J connectivity index is 1.48. The van der Waals surface area contributed by atoms with E-state index in [1.165, 1.54) is 0 Å². The van der Waals surface area contributed by atoms with Crippen molar-refractivity contribution in [3.8, 4) is 11.3 Å². The number of ether oxygens (including phenoxy) is 2. The third kappa shape index (κ3) is 3.98. The fourth-order valence-corrected chi connectivity index (χ4v) is 5.44. The zero-order valence-corrected chi connectivity index (χ0v) is 20.1. The summed E-state index contributed by atoms with van der Waals surface area (Å²) >= 11 is 0. The number of carbonyl (C=O) groups is 1. The van der Waals surface area contributed by atoms with E-state index in [0.717, 1.165) is 47.8 Å². The Morgan fingerprint density at radius 1 is 1.03 bits per heavy atom. The average molecular weight is 475 g/mol. The number of carbonyl (C=O) groups excluding carboxylic acids is 1. The Kier molecular flexibility index (Phi) is 5.74. The number of amides is 1. The molecule has 2 aromatic heterocycles. The maximum absolute atomic E-state index is 12.2. The summed E-state index contributed by atoms with van der Waals surface area (Å²) in [5.74, 6) is 1.51. The molecule has 9 nitrogen and oxygen atoms in total. The van der Waals surface area contributed by atoms with Crippen LogP contribution >= 0.6 is 0 Å². The van der Waals surface area contributed by atoms with E-state index in [0.29, 0.717) is 49.7 Å². The summed E-state index contributed by atoms with van der Waals surface area (Å²) in [6.45, 7) is 5.70. The van der Waals surface area contributed by atoms with Gasteiger partial charge < -0.3 is 24.6 Å². The van der Waals surface area contributed by atoms with Crippen LogP contribution in [0.2, 0.25) is 0 Å². The van der Waals surface area contributed by atoms with Crippen molar-refractivity contribution in [3.05, 3.63) is 42.0 Å². The summed E-state index contributed by atoms with van der Waals surface area (Å²) in [6, 6.07) is 12.4. The molecule has 0 saturated carbocycles. The van der Waals surface area contributed by atoms with Crippen LogP contribution in [0.5, 0.6) is 0 Å². The number of fused-ring (bicyclic) bond motifs is 3. The predicted molar refractivity (Wildman–Crippen MR) is 134 cm³/mol. The van der Waals surface area contributed by atoms with Gasteiger partial charge in [-0.05, 0) is 44.0 Å². The normalized spacial score (nSPS) is 24.1. The number of aromatic nitrogens is 3. The summed E-state index contributed by atoms with van der Waals surface area (Å²) in [7, 11) is 1.63. The molecular formula is C26H30N6O3. The molecule has 3 aliphatic heterocycles. The maximum Gasteiger partial charge on any atom is 0.251 e. The molecule has 1 aromatic carbocycles. The highest BCUT2D eigenvalue weighted by molar-refractivity contribution is 5.95. The van der Waals surface area contributed by atoms with Gasteiger partial charge in [0, 0.05) is 24.7 Å². The zero-order valence-electron chi connectivity index (χ0n) is 20.1. The molecule has 35 heavy (non-hydrogen) atoms. The third-order valence-electron chi connectivity index (χ3n) is 7.29. The number of hydrogen-bond acceptors (Lipinski definition) is 8. The van der Waals surface area contributed by atoms with E-state index in [1.807, 2.05) is 24.3 Å². The molecule has 2 bridgehead atoms. The molecule has 0 radical (unpaired) electrons. The van der Waals surface area contributed by atoms with Crippen molar-refractivity contribution >= 4 is 28.7 Å². The van der Waals surface area contributed by atoms with Gasteiger partial charge in [-0.1, -0.05) is 12.1 Å². The highest BCUT2D eigenvalue weighted by atomic mass is 16.5.